The van der Waals surface area contributed by atoms with Gasteiger partial charge in [0.2, 0.25) is 0 Å². The third kappa shape index (κ3) is 63.3. The van der Waals surface area contributed by atoms with Crippen LogP contribution in [-0.2, 0) is 28.6 Å². The van der Waals surface area contributed by atoms with Crippen molar-refractivity contribution in [3.63, 3.8) is 0 Å². The molecule has 0 aliphatic rings. The molecule has 0 N–H and O–H groups in total. The molecule has 0 aromatic heterocycles. The molecule has 0 aromatic rings. The molecule has 0 amide bonds. The SMILES string of the molecule is CC/C=C\C/C=C\C/C=C\C/C=C\CCCCCCCCCCCCCCCCCCC(=O)OCC(COC(=O)CCCCCCC/C=C\CCCC)OC(=O)CCCCCCCCCCC/C=C\C/C=C\CCCCC. The number of esters is 3. The average molecular weight is 1070 g/mol. The molecule has 444 valence electrons. The van der Waals surface area contributed by atoms with Crippen molar-refractivity contribution in [3.8, 4) is 0 Å². The van der Waals surface area contributed by atoms with E-state index in [0.29, 0.717) is 19.3 Å². The standard InChI is InChI=1S/C71H124O6/c1-4-7-10-13-16-19-22-24-26-28-30-31-32-33-34-35-36-37-38-39-41-42-44-46-49-52-55-58-61-64-70(73)76-67-68(66-75-69(72)63-60-57-54-51-48-21-18-15-12-9-6-3)77-71(74)65-62-59-56-53-50-47-45-43-40-29-27-25-23-20-17-14-11-8-5-2/h7,10,15-20,24-27,30-31,68H,4-6,8-9,11-14,21-23,28-29,32-67H2,1-3H3/b10-7-,18-15-,19-16-,20-17-,26-24-,27-25-,31-30-. The first-order valence-corrected chi connectivity index (χ1v) is 33.1. The Bertz CT molecular complexity index is 1470. The highest BCUT2D eigenvalue weighted by Gasteiger charge is 2.19. The number of carbonyl (C=O) groups is 3. The minimum Gasteiger partial charge on any atom is -0.462 e. The molecule has 1 atom stereocenters. The molecule has 0 rings (SSSR count). The number of ether oxygens (including phenoxy) is 3. The van der Waals surface area contributed by atoms with Gasteiger partial charge in [0, 0.05) is 19.3 Å². The molecule has 77 heavy (non-hydrogen) atoms. The fraction of sp³-hybridized carbons (Fsp3) is 0.761. The molecular formula is C71H124O6. The zero-order valence-corrected chi connectivity index (χ0v) is 51.0. The molecule has 6 nitrogen and oxygen atoms in total. The van der Waals surface area contributed by atoms with Crippen molar-refractivity contribution in [2.75, 3.05) is 13.2 Å². The first-order valence-electron chi connectivity index (χ1n) is 33.1. The number of hydrogen-bond donors (Lipinski definition) is 0. The van der Waals surface area contributed by atoms with Crippen LogP contribution in [0, 0.1) is 0 Å². The van der Waals surface area contributed by atoms with Crippen LogP contribution in [-0.4, -0.2) is 37.2 Å². The summed E-state index contributed by atoms with van der Waals surface area (Å²) in [7, 11) is 0. The predicted molar refractivity (Wildman–Crippen MR) is 334 cm³/mol. The molecule has 0 radical (unpaired) electrons. The van der Waals surface area contributed by atoms with Gasteiger partial charge in [-0.05, 0) is 109 Å². The Morgan fingerprint density at radius 1 is 0.273 bits per heavy atom. The quantitative estimate of drug-likeness (QED) is 0.0261. The Hall–Kier alpha value is -3.41. The van der Waals surface area contributed by atoms with Crippen LogP contribution in [0.4, 0.5) is 0 Å². The van der Waals surface area contributed by atoms with Crippen LogP contribution in [0.15, 0.2) is 85.1 Å². The summed E-state index contributed by atoms with van der Waals surface area (Å²) < 4.78 is 16.9. The molecule has 0 bridgehead atoms. The Kier molecular flexibility index (Phi) is 62.2. The van der Waals surface area contributed by atoms with E-state index >= 15 is 0 Å². The highest BCUT2D eigenvalue weighted by Crippen LogP contribution is 2.17. The third-order valence-corrected chi connectivity index (χ3v) is 14.4. The molecule has 0 aliphatic heterocycles. The zero-order valence-electron chi connectivity index (χ0n) is 51.0. The molecule has 0 fully saturated rings. The van der Waals surface area contributed by atoms with Crippen molar-refractivity contribution in [1.82, 2.24) is 0 Å². The third-order valence-electron chi connectivity index (χ3n) is 14.4. The Labute approximate surface area is 477 Å². The molecule has 0 heterocycles. The van der Waals surface area contributed by atoms with Crippen molar-refractivity contribution in [1.29, 1.82) is 0 Å². The van der Waals surface area contributed by atoms with Crippen molar-refractivity contribution in [2.45, 2.75) is 335 Å². The molecule has 0 aromatic carbocycles. The van der Waals surface area contributed by atoms with E-state index in [2.05, 4.69) is 106 Å². The Balaban J connectivity index is 4.20. The second-order valence-corrected chi connectivity index (χ2v) is 22.0. The summed E-state index contributed by atoms with van der Waals surface area (Å²) >= 11 is 0. The van der Waals surface area contributed by atoms with Gasteiger partial charge in [-0.25, -0.2) is 0 Å². The van der Waals surface area contributed by atoms with Crippen LogP contribution in [0.1, 0.15) is 329 Å². The Morgan fingerprint density at radius 3 is 0.844 bits per heavy atom. The lowest BCUT2D eigenvalue weighted by Gasteiger charge is -2.18. The van der Waals surface area contributed by atoms with Crippen LogP contribution in [0.3, 0.4) is 0 Å². The highest BCUT2D eigenvalue weighted by molar-refractivity contribution is 5.71. The van der Waals surface area contributed by atoms with Crippen LogP contribution in [0.25, 0.3) is 0 Å². The van der Waals surface area contributed by atoms with Gasteiger partial charge < -0.3 is 14.2 Å². The van der Waals surface area contributed by atoms with Crippen molar-refractivity contribution < 1.29 is 28.6 Å². The highest BCUT2D eigenvalue weighted by atomic mass is 16.6. The van der Waals surface area contributed by atoms with E-state index in [9.17, 15) is 14.4 Å². The maximum atomic E-state index is 12.9. The maximum Gasteiger partial charge on any atom is 0.306 e. The fourth-order valence-corrected chi connectivity index (χ4v) is 9.39. The molecule has 0 aliphatic carbocycles. The predicted octanol–water partition coefficient (Wildman–Crippen LogP) is 22.7. The van der Waals surface area contributed by atoms with E-state index in [-0.39, 0.29) is 31.1 Å². The minimum atomic E-state index is -0.781. The molecule has 0 saturated heterocycles. The van der Waals surface area contributed by atoms with Gasteiger partial charge in [0.1, 0.15) is 13.2 Å². The van der Waals surface area contributed by atoms with Crippen LogP contribution in [0.5, 0.6) is 0 Å². The lowest BCUT2D eigenvalue weighted by molar-refractivity contribution is -0.167. The fourth-order valence-electron chi connectivity index (χ4n) is 9.39. The van der Waals surface area contributed by atoms with Gasteiger partial charge in [0.05, 0.1) is 0 Å². The minimum absolute atomic E-state index is 0.0780. The van der Waals surface area contributed by atoms with E-state index in [0.717, 1.165) is 96.3 Å². The summed E-state index contributed by atoms with van der Waals surface area (Å²) in [6.07, 6.45) is 86.0. The summed E-state index contributed by atoms with van der Waals surface area (Å²) in [5.74, 6) is -0.879. The summed E-state index contributed by atoms with van der Waals surface area (Å²) in [5.41, 5.74) is 0. The lowest BCUT2D eigenvalue weighted by Crippen LogP contribution is -2.30. The number of allylic oxidation sites excluding steroid dienone is 14. The second kappa shape index (κ2) is 65.1. The van der Waals surface area contributed by atoms with Crippen molar-refractivity contribution in [3.05, 3.63) is 85.1 Å². The molecule has 0 saturated carbocycles. The van der Waals surface area contributed by atoms with Gasteiger partial charge in [0.15, 0.2) is 6.10 Å². The van der Waals surface area contributed by atoms with Crippen LogP contribution >= 0.6 is 0 Å². The van der Waals surface area contributed by atoms with Crippen molar-refractivity contribution >= 4 is 17.9 Å². The van der Waals surface area contributed by atoms with E-state index in [1.165, 1.54) is 193 Å². The maximum absolute atomic E-state index is 12.9. The average Bonchev–Trinajstić information content (AvgIpc) is 3.43. The van der Waals surface area contributed by atoms with E-state index in [4.69, 9.17) is 14.2 Å². The smallest absolute Gasteiger partial charge is 0.306 e. The van der Waals surface area contributed by atoms with Gasteiger partial charge in [-0.2, -0.15) is 0 Å². The number of rotatable bonds is 60. The molecular weight excluding hydrogens is 949 g/mol. The first-order chi connectivity index (χ1) is 38.0. The zero-order chi connectivity index (χ0) is 55.7. The summed E-state index contributed by atoms with van der Waals surface area (Å²) in [5, 5.41) is 0. The molecule has 0 spiro atoms. The number of unbranched alkanes of at least 4 members (excludes halogenated alkanes) is 35. The molecule has 6 heteroatoms. The summed E-state index contributed by atoms with van der Waals surface area (Å²) in [4.78, 5) is 38.3. The van der Waals surface area contributed by atoms with Gasteiger partial charge in [-0.1, -0.05) is 286 Å². The van der Waals surface area contributed by atoms with Crippen LogP contribution in [0.2, 0.25) is 0 Å². The van der Waals surface area contributed by atoms with E-state index in [1.807, 2.05) is 0 Å². The largest absolute Gasteiger partial charge is 0.462 e. The van der Waals surface area contributed by atoms with Gasteiger partial charge in [0.25, 0.3) is 0 Å². The first kappa shape index (κ1) is 73.6. The van der Waals surface area contributed by atoms with Gasteiger partial charge >= 0.3 is 17.9 Å². The monoisotopic (exact) mass is 1070 g/mol. The van der Waals surface area contributed by atoms with Gasteiger partial charge in [-0.3, -0.25) is 14.4 Å². The number of carbonyl (C=O) groups excluding carboxylic acids is 3. The Morgan fingerprint density at radius 2 is 0.519 bits per heavy atom. The number of hydrogen-bond acceptors (Lipinski definition) is 6. The molecule has 1 unspecified atom stereocenters. The summed E-state index contributed by atoms with van der Waals surface area (Å²) in [6.45, 7) is 6.49. The lowest BCUT2D eigenvalue weighted by atomic mass is 10.0. The van der Waals surface area contributed by atoms with Crippen molar-refractivity contribution in [2.24, 2.45) is 0 Å². The second-order valence-electron chi connectivity index (χ2n) is 22.0. The summed E-state index contributed by atoms with van der Waals surface area (Å²) in [6, 6.07) is 0. The van der Waals surface area contributed by atoms with Gasteiger partial charge in [-0.15, -0.1) is 0 Å². The van der Waals surface area contributed by atoms with E-state index in [1.54, 1.807) is 0 Å². The normalized spacial score (nSPS) is 12.6. The topological polar surface area (TPSA) is 78.9 Å². The van der Waals surface area contributed by atoms with E-state index < -0.39 is 6.10 Å². The van der Waals surface area contributed by atoms with Crippen LogP contribution < -0.4 is 0 Å².